The Kier molecular flexibility index (Phi) is 4.52. The standard InChI is InChI=1S/C24H33N/c1-5-9-18(6-2)21-15-19-12-13-22-17(4)20-10-7-8-11-23(20)25(22)24(19)14-16(21)3/h7-11,14,17,19,21-22,24H,5-6,12-13,15H2,1-4H3/b18-9+. The molecule has 0 N–H and O–H groups in total. The van der Waals surface area contributed by atoms with Gasteiger partial charge < -0.3 is 4.90 Å². The van der Waals surface area contributed by atoms with Gasteiger partial charge in [0.1, 0.15) is 0 Å². The van der Waals surface area contributed by atoms with Crippen molar-refractivity contribution < 1.29 is 0 Å². The summed E-state index contributed by atoms with van der Waals surface area (Å²) in [6.45, 7) is 9.42. The van der Waals surface area contributed by atoms with Crippen LogP contribution in [-0.2, 0) is 0 Å². The highest BCUT2D eigenvalue weighted by Crippen LogP contribution is 2.51. The summed E-state index contributed by atoms with van der Waals surface area (Å²) >= 11 is 0. The molecule has 5 unspecified atom stereocenters. The molecule has 0 bridgehead atoms. The van der Waals surface area contributed by atoms with Gasteiger partial charge in [-0.05, 0) is 56.6 Å². The van der Waals surface area contributed by atoms with Crippen molar-refractivity contribution >= 4 is 5.69 Å². The van der Waals surface area contributed by atoms with Crippen molar-refractivity contribution in [2.75, 3.05) is 4.90 Å². The van der Waals surface area contributed by atoms with E-state index < -0.39 is 0 Å². The van der Waals surface area contributed by atoms with Gasteiger partial charge in [0.2, 0.25) is 0 Å². The maximum Gasteiger partial charge on any atom is 0.0507 e. The third kappa shape index (κ3) is 2.67. The quantitative estimate of drug-likeness (QED) is 0.572. The van der Waals surface area contributed by atoms with Crippen LogP contribution in [0.25, 0.3) is 0 Å². The van der Waals surface area contributed by atoms with Crippen LogP contribution < -0.4 is 4.90 Å². The van der Waals surface area contributed by atoms with Gasteiger partial charge in [-0.1, -0.05) is 62.3 Å². The van der Waals surface area contributed by atoms with Crippen LogP contribution in [0.5, 0.6) is 0 Å². The van der Waals surface area contributed by atoms with Gasteiger partial charge in [0.15, 0.2) is 0 Å². The van der Waals surface area contributed by atoms with Crippen molar-refractivity contribution in [2.24, 2.45) is 11.8 Å². The number of para-hydroxylation sites is 1. The predicted molar refractivity (Wildman–Crippen MR) is 108 cm³/mol. The fourth-order valence-electron chi connectivity index (χ4n) is 5.87. The summed E-state index contributed by atoms with van der Waals surface area (Å²) in [5, 5.41) is 0. The van der Waals surface area contributed by atoms with Crippen LogP contribution in [0.15, 0.2) is 47.6 Å². The molecule has 0 radical (unpaired) electrons. The van der Waals surface area contributed by atoms with Gasteiger partial charge in [-0.3, -0.25) is 0 Å². The summed E-state index contributed by atoms with van der Waals surface area (Å²) in [4.78, 5) is 2.79. The van der Waals surface area contributed by atoms with E-state index in [1.165, 1.54) is 37.8 Å². The number of benzene rings is 1. The van der Waals surface area contributed by atoms with Crippen LogP contribution in [0.2, 0.25) is 0 Å². The summed E-state index contributed by atoms with van der Waals surface area (Å²) in [5.41, 5.74) is 6.37. The van der Waals surface area contributed by atoms with E-state index in [0.29, 0.717) is 23.9 Å². The Morgan fingerprint density at radius 3 is 2.76 bits per heavy atom. The number of rotatable bonds is 3. The van der Waals surface area contributed by atoms with Crippen LogP contribution in [0.4, 0.5) is 5.69 Å². The highest BCUT2D eigenvalue weighted by molar-refractivity contribution is 5.64. The number of nitrogens with zero attached hydrogens (tertiary/aromatic N) is 1. The molecule has 3 aliphatic rings. The van der Waals surface area contributed by atoms with Crippen LogP contribution in [0.3, 0.4) is 0 Å². The first-order chi connectivity index (χ1) is 12.2. The topological polar surface area (TPSA) is 3.24 Å². The number of piperidine rings is 1. The summed E-state index contributed by atoms with van der Waals surface area (Å²) in [6.07, 6.45) is 11.6. The Bertz CT molecular complexity index is 698. The van der Waals surface area contributed by atoms with Gasteiger partial charge in [0.05, 0.1) is 6.04 Å². The van der Waals surface area contributed by atoms with Crippen LogP contribution >= 0.6 is 0 Å². The Morgan fingerprint density at radius 1 is 1.20 bits per heavy atom. The summed E-state index contributed by atoms with van der Waals surface area (Å²) in [6, 6.07) is 10.5. The largest absolute Gasteiger partial charge is 0.361 e. The molecule has 2 aliphatic heterocycles. The van der Waals surface area contributed by atoms with Gasteiger partial charge in [-0.2, -0.15) is 0 Å². The van der Waals surface area contributed by atoms with Crippen molar-refractivity contribution in [3.63, 3.8) is 0 Å². The third-order valence-corrected chi connectivity index (χ3v) is 7.12. The zero-order valence-electron chi connectivity index (χ0n) is 16.3. The fraction of sp³-hybridized carbons (Fsp3) is 0.583. The molecule has 1 saturated heterocycles. The minimum absolute atomic E-state index is 0.612. The Labute approximate surface area is 153 Å². The Balaban J connectivity index is 1.70. The monoisotopic (exact) mass is 335 g/mol. The highest BCUT2D eigenvalue weighted by Gasteiger charge is 2.46. The lowest BCUT2D eigenvalue weighted by molar-refractivity contribution is 0.259. The molecule has 0 amide bonds. The van der Waals surface area contributed by atoms with E-state index in [-0.39, 0.29) is 0 Å². The molecule has 5 atom stereocenters. The van der Waals surface area contributed by atoms with Gasteiger partial charge in [-0.15, -0.1) is 0 Å². The average molecular weight is 336 g/mol. The minimum Gasteiger partial charge on any atom is -0.361 e. The van der Waals surface area contributed by atoms with E-state index in [1.54, 1.807) is 16.7 Å². The molecule has 1 aromatic carbocycles. The smallest absolute Gasteiger partial charge is 0.0507 e. The van der Waals surface area contributed by atoms with E-state index in [1.807, 2.05) is 0 Å². The lowest BCUT2D eigenvalue weighted by Gasteiger charge is -2.48. The maximum absolute atomic E-state index is 2.79. The lowest BCUT2D eigenvalue weighted by Crippen LogP contribution is -2.51. The number of hydrogen-bond acceptors (Lipinski definition) is 1. The van der Waals surface area contributed by atoms with Crippen molar-refractivity contribution in [1.29, 1.82) is 0 Å². The molecule has 25 heavy (non-hydrogen) atoms. The predicted octanol–water partition coefficient (Wildman–Crippen LogP) is 6.47. The number of hydrogen-bond donors (Lipinski definition) is 0. The van der Waals surface area contributed by atoms with Crippen LogP contribution in [-0.4, -0.2) is 12.1 Å². The second-order valence-electron chi connectivity index (χ2n) is 8.39. The number of allylic oxidation sites excluding steroid dienone is 3. The SMILES string of the molecule is CC/C=C(\CC)C1CC2CCC3C(C)c4ccccc4N3C2C=C1C. The van der Waals surface area contributed by atoms with E-state index in [4.69, 9.17) is 0 Å². The molecule has 1 nitrogen and oxygen atoms in total. The Hall–Kier alpha value is -1.50. The summed E-state index contributed by atoms with van der Waals surface area (Å²) in [5.74, 6) is 2.18. The van der Waals surface area contributed by atoms with Crippen molar-refractivity contribution in [1.82, 2.24) is 0 Å². The molecule has 2 heterocycles. The zero-order valence-corrected chi connectivity index (χ0v) is 16.3. The molecule has 1 fully saturated rings. The van der Waals surface area contributed by atoms with Gasteiger partial charge >= 0.3 is 0 Å². The second kappa shape index (κ2) is 6.67. The fourth-order valence-corrected chi connectivity index (χ4v) is 5.87. The molecule has 4 rings (SSSR count). The first-order valence-electron chi connectivity index (χ1n) is 10.4. The molecule has 0 aromatic heterocycles. The number of anilines is 1. The maximum atomic E-state index is 2.79. The average Bonchev–Trinajstić information content (AvgIpc) is 2.93. The van der Waals surface area contributed by atoms with Gasteiger partial charge in [-0.25, -0.2) is 0 Å². The molecule has 1 aromatic rings. The minimum atomic E-state index is 0.612. The third-order valence-electron chi connectivity index (χ3n) is 7.12. The first kappa shape index (κ1) is 16.9. The number of fused-ring (bicyclic) bond motifs is 5. The zero-order chi connectivity index (χ0) is 17.6. The molecular weight excluding hydrogens is 302 g/mol. The molecule has 1 heteroatoms. The van der Waals surface area contributed by atoms with Gasteiger partial charge in [0.25, 0.3) is 0 Å². The summed E-state index contributed by atoms with van der Waals surface area (Å²) < 4.78 is 0. The van der Waals surface area contributed by atoms with Crippen molar-refractivity contribution in [3.8, 4) is 0 Å². The highest BCUT2D eigenvalue weighted by atomic mass is 15.2. The molecule has 0 saturated carbocycles. The normalized spacial score (nSPS) is 34.2. The van der Waals surface area contributed by atoms with Crippen LogP contribution in [0.1, 0.15) is 71.3 Å². The Morgan fingerprint density at radius 2 is 2.00 bits per heavy atom. The van der Waals surface area contributed by atoms with E-state index in [0.717, 1.165) is 5.92 Å². The molecule has 1 aliphatic carbocycles. The van der Waals surface area contributed by atoms with Gasteiger partial charge in [0, 0.05) is 23.6 Å². The second-order valence-corrected chi connectivity index (χ2v) is 8.39. The molecule has 134 valence electrons. The van der Waals surface area contributed by atoms with Crippen LogP contribution in [0, 0.1) is 11.8 Å². The summed E-state index contributed by atoms with van der Waals surface area (Å²) in [7, 11) is 0. The lowest BCUT2D eigenvalue weighted by atomic mass is 9.70. The van der Waals surface area contributed by atoms with E-state index >= 15 is 0 Å². The van der Waals surface area contributed by atoms with E-state index in [2.05, 4.69) is 69.0 Å². The first-order valence-corrected chi connectivity index (χ1v) is 10.4. The van der Waals surface area contributed by atoms with Crippen molar-refractivity contribution in [3.05, 3.63) is 53.1 Å². The molecule has 0 spiro atoms. The van der Waals surface area contributed by atoms with Crippen molar-refractivity contribution in [2.45, 2.75) is 77.8 Å². The molecular formula is C24H33N. The van der Waals surface area contributed by atoms with E-state index in [9.17, 15) is 0 Å².